The molecule has 0 atom stereocenters. The molecule has 1 aliphatic rings. The molecule has 1 aliphatic heterocycles. The molecule has 0 radical (unpaired) electrons. The average molecular weight is 318 g/mol. The summed E-state index contributed by atoms with van der Waals surface area (Å²) in [6, 6.07) is 0. The second-order valence-electron chi connectivity index (χ2n) is 4.97. The number of aryl methyl sites for hydroxylation is 1. The Hall–Kier alpha value is -2.46. The standard InChI is InChI=1S/C12H14N8OS/c1-6-15-9(21-19-6)5-20-3-2-8-10(16-12(17-13)22-8)7-4-14-18-11(7)20/h4H,2-3,5,13H2,1H3,(H,14,18)(H,16,17). The van der Waals surface area contributed by atoms with E-state index in [1.165, 1.54) is 4.88 Å². The van der Waals surface area contributed by atoms with Gasteiger partial charge in [-0.05, 0) is 6.92 Å². The molecule has 4 rings (SSSR count). The number of hydrazine groups is 1. The maximum atomic E-state index is 5.46. The van der Waals surface area contributed by atoms with E-state index < -0.39 is 0 Å². The van der Waals surface area contributed by atoms with Gasteiger partial charge in [-0.1, -0.05) is 5.16 Å². The smallest absolute Gasteiger partial charge is 0.246 e. The third-order valence-electron chi connectivity index (χ3n) is 3.52. The van der Waals surface area contributed by atoms with Gasteiger partial charge in [0.15, 0.2) is 11.0 Å². The summed E-state index contributed by atoms with van der Waals surface area (Å²) in [5.41, 5.74) is 4.49. The number of hydrogen-bond acceptors (Lipinski definition) is 9. The largest absolute Gasteiger partial charge is 0.347 e. The van der Waals surface area contributed by atoms with E-state index in [-0.39, 0.29) is 0 Å². The molecule has 0 unspecified atom stereocenters. The van der Waals surface area contributed by atoms with Gasteiger partial charge in [-0.3, -0.25) is 10.5 Å². The molecule has 4 heterocycles. The van der Waals surface area contributed by atoms with Crippen molar-refractivity contribution < 1.29 is 4.52 Å². The molecule has 0 spiro atoms. The zero-order valence-corrected chi connectivity index (χ0v) is 12.6. The van der Waals surface area contributed by atoms with Crippen LogP contribution in [-0.2, 0) is 13.0 Å². The van der Waals surface area contributed by atoms with Crippen molar-refractivity contribution in [3.8, 4) is 11.3 Å². The Bertz CT molecular complexity index is 806. The molecule has 0 amide bonds. The highest BCUT2D eigenvalue weighted by Gasteiger charge is 2.26. The number of aromatic amines is 1. The van der Waals surface area contributed by atoms with Gasteiger partial charge in [0.05, 0.1) is 24.0 Å². The quantitative estimate of drug-likeness (QED) is 0.484. The zero-order valence-electron chi connectivity index (χ0n) is 11.8. The zero-order chi connectivity index (χ0) is 15.1. The fraction of sp³-hybridized carbons (Fsp3) is 0.333. The molecule has 0 fully saturated rings. The second-order valence-corrected chi connectivity index (χ2v) is 6.06. The topological polar surface area (TPSA) is 122 Å². The molecule has 0 aliphatic carbocycles. The van der Waals surface area contributed by atoms with E-state index in [9.17, 15) is 0 Å². The molecule has 114 valence electrons. The summed E-state index contributed by atoms with van der Waals surface area (Å²) in [4.78, 5) is 12.1. The van der Waals surface area contributed by atoms with E-state index in [2.05, 4.69) is 35.6 Å². The predicted molar refractivity (Wildman–Crippen MR) is 81.3 cm³/mol. The van der Waals surface area contributed by atoms with Crippen molar-refractivity contribution in [2.75, 3.05) is 16.9 Å². The van der Waals surface area contributed by atoms with E-state index in [4.69, 9.17) is 10.4 Å². The van der Waals surface area contributed by atoms with Gasteiger partial charge in [-0.2, -0.15) is 10.1 Å². The van der Waals surface area contributed by atoms with Crippen LogP contribution in [0, 0.1) is 6.92 Å². The molecule has 4 N–H and O–H groups in total. The van der Waals surface area contributed by atoms with E-state index in [1.807, 2.05) is 0 Å². The monoisotopic (exact) mass is 318 g/mol. The molecule has 10 heteroatoms. The van der Waals surface area contributed by atoms with Gasteiger partial charge in [0.25, 0.3) is 0 Å². The van der Waals surface area contributed by atoms with Crippen LogP contribution in [0.2, 0.25) is 0 Å². The van der Waals surface area contributed by atoms with Crippen molar-refractivity contribution in [1.82, 2.24) is 25.3 Å². The fourth-order valence-electron chi connectivity index (χ4n) is 2.56. The van der Waals surface area contributed by atoms with Crippen molar-refractivity contribution >= 4 is 22.3 Å². The minimum atomic E-state index is 0.535. The summed E-state index contributed by atoms with van der Waals surface area (Å²) in [6.07, 6.45) is 2.65. The van der Waals surface area contributed by atoms with Gasteiger partial charge < -0.3 is 9.42 Å². The molecule has 22 heavy (non-hydrogen) atoms. The lowest BCUT2D eigenvalue weighted by molar-refractivity contribution is 0.372. The van der Waals surface area contributed by atoms with Crippen molar-refractivity contribution in [3.05, 3.63) is 22.8 Å². The predicted octanol–water partition coefficient (Wildman–Crippen LogP) is 1.07. The van der Waals surface area contributed by atoms with Gasteiger partial charge in [0, 0.05) is 17.8 Å². The van der Waals surface area contributed by atoms with E-state index in [0.29, 0.717) is 23.4 Å². The number of aromatic nitrogens is 5. The Labute approximate surface area is 129 Å². The van der Waals surface area contributed by atoms with Crippen LogP contribution in [0.5, 0.6) is 0 Å². The molecule has 0 saturated heterocycles. The van der Waals surface area contributed by atoms with E-state index >= 15 is 0 Å². The lowest BCUT2D eigenvalue weighted by atomic mass is 10.2. The van der Waals surface area contributed by atoms with Crippen LogP contribution in [0.25, 0.3) is 11.3 Å². The number of nitrogens with one attached hydrogen (secondary N) is 2. The number of nitrogens with zero attached hydrogens (tertiary/aromatic N) is 5. The average Bonchev–Trinajstić information content (AvgIpc) is 3.20. The Morgan fingerprint density at radius 1 is 1.50 bits per heavy atom. The van der Waals surface area contributed by atoms with Crippen LogP contribution < -0.4 is 16.2 Å². The molecule has 0 aromatic carbocycles. The normalized spacial score (nSPS) is 13.6. The first-order valence-electron chi connectivity index (χ1n) is 6.79. The highest BCUT2D eigenvalue weighted by atomic mass is 32.1. The molecular weight excluding hydrogens is 304 g/mol. The van der Waals surface area contributed by atoms with Crippen molar-refractivity contribution in [2.45, 2.75) is 19.9 Å². The lowest BCUT2D eigenvalue weighted by Crippen LogP contribution is -2.25. The van der Waals surface area contributed by atoms with Crippen LogP contribution >= 0.6 is 11.3 Å². The summed E-state index contributed by atoms with van der Waals surface area (Å²) in [5.74, 6) is 7.59. The first-order chi connectivity index (χ1) is 10.7. The summed E-state index contributed by atoms with van der Waals surface area (Å²) in [6.45, 7) is 3.14. The van der Waals surface area contributed by atoms with Gasteiger partial charge in [0.2, 0.25) is 5.89 Å². The van der Waals surface area contributed by atoms with Gasteiger partial charge in [-0.15, -0.1) is 11.3 Å². The molecule has 3 aromatic heterocycles. The van der Waals surface area contributed by atoms with Crippen molar-refractivity contribution in [3.63, 3.8) is 0 Å². The van der Waals surface area contributed by atoms with Crippen LogP contribution in [0.4, 0.5) is 10.9 Å². The number of fused-ring (bicyclic) bond motifs is 3. The van der Waals surface area contributed by atoms with E-state index in [0.717, 1.165) is 30.0 Å². The number of nitrogen functional groups attached to an aromatic ring is 1. The van der Waals surface area contributed by atoms with Crippen molar-refractivity contribution in [2.24, 2.45) is 5.84 Å². The third-order valence-corrected chi connectivity index (χ3v) is 4.56. The highest BCUT2D eigenvalue weighted by Crippen LogP contribution is 2.38. The van der Waals surface area contributed by atoms with Crippen LogP contribution in [0.15, 0.2) is 10.7 Å². The molecular formula is C12H14N8OS. The maximum Gasteiger partial charge on any atom is 0.246 e. The molecule has 9 nitrogen and oxygen atoms in total. The van der Waals surface area contributed by atoms with Crippen LogP contribution in [0.3, 0.4) is 0 Å². The van der Waals surface area contributed by atoms with Gasteiger partial charge in [0.1, 0.15) is 5.82 Å². The molecule has 0 bridgehead atoms. The number of rotatable bonds is 3. The Balaban J connectivity index is 1.70. The van der Waals surface area contributed by atoms with Crippen LogP contribution in [0.1, 0.15) is 16.6 Å². The summed E-state index contributed by atoms with van der Waals surface area (Å²) < 4.78 is 5.22. The minimum Gasteiger partial charge on any atom is -0.347 e. The highest BCUT2D eigenvalue weighted by molar-refractivity contribution is 7.16. The first kappa shape index (κ1) is 13.2. The van der Waals surface area contributed by atoms with Gasteiger partial charge in [-0.25, -0.2) is 10.8 Å². The second kappa shape index (κ2) is 5.07. The summed E-state index contributed by atoms with van der Waals surface area (Å²) in [7, 11) is 0. The summed E-state index contributed by atoms with van der Waals surface area (Å²) >= 11 is 1.56. The van der Waals surface area contributed by atoms with Crippen molar-refractivity contribution in [1.29, 1.82) is 0 Å². The Morgan fingerprint density at radius 3 is 3.18 bits per heavy atom. The number of nitrogens with two attached hydrogens (primary N) is 1. The fourth-order valence-corrected chi connectivity index (χ4v) is 3.44. The number of anilines is 2. The maximum absolute atomic E-state index is 5.46. The summed E-state index contributed by atoms with van der Waals surface area (Å²) in [5, 5.41) is 11.7. The Kier molecular flexibility index (Phi) is 3.05. The molecule has 0 saturated carbocycles. The first-order valence-corrected chi connectivity index (χ1v) is 7.60. The number of thiazole rings is 1. The van der Waals surface area contributed by atoms with E-state index in [1.54, 1.807) is 24.5 Å². The number of H-pyrrole nitrogens is 1. The SMILES string of the molecule is Cc1noc(CN2CCc3sc(NN)nc3-c3cn[nH]c32)n1. The lowest BCUT2D eigenvalue weighted by Gasteiger charge is -2.19. The Morgan fingerprint density at radius 2 is 2.41 bits per heavy atom. The van der Waals surface area contributed by atoms with Crippen LogP contribution in [-0.4, -0.2) is 31.9 Å². The minimum absolute atomic E-state index is 0.535. The molecule has 3 aromatic rings. The van der Waals surface area contributed by atoms with Gasteiger partial charge >= 0.3 is 0 Å². The number of hydrogen-bond donors (Lipinski definition) is 3. The third kappa shape index (κ3) is 2.12.